The van der Waals surface area contributed by atoms with E-state index < -0.39 is 17.1 Å². The Morgan fingerprint density at radius 2 is 1.78 bits per heavy atom. The first-order chi connectivity index (χ1) is 8.65. The lowest BCUT2D eigenvalue weighted by atomic mass is 10.3. The van der Waals surface area contributed by atoms with Gasteiger partial charge in [-0.3, -0.25) is 4.98 Å². The SMILES string of the molecule is CNCn1c(=O)[nH]c(=O)n(-c2ccccc2)c1=O. The molecule has 1 aromatic heterocycles. The third kappa shape index (κ3) is 2.03. The van der Waals surface area contributed by atoms with E-state index in [0.29, 0.717) is 5.69 Å². The van der Waals surface area contributed by atoms with Gasteiger partial charge in [0.2, 0.25) is 0 Å². The Morgan fingerprint density at radius 1 is 1.11 bits per heavy atom. The summed E-state index contributed by atoms with van der Waals surface area (Å²) in [6.45, 7) is 0.0290. The lowest BCUT2D eigenvalue weighted by molar-refractivity contribution is 0.528. The summed E-state index contributed by atoms with van der Waals surface area (Å²) in [4.78, 5) is 37.4. The number of nitrogens with zero attached hydrogens (tertiary/aromatic N) is 2. The molecule has 0 fully saturated rings. The molecule has 0 saturated carbocycles. The van der Waals surface area contributed by atoms with Crippen molar-refractivity contribution < 1.29 is 0 Å². The average Bonchev–Trinajstić information content (AvgIpc) is 2.35. The summed E-state index contributed by atoms with van der Waals surface area (Å²) < 4.78 is 1.83. The largest absolute Gasteiger partial charge is 0.342 e. The van der Waals surface area contributed by atoms with Crippen molar-refractivity contribution in [3.8, 4) is 5.69 Å². The molecule has 0 atom stereocenters. The molecule has 0 bridgehead atoms. The van der Waals surface area contributed by atoms with Crippen LogP contribution in [0.25, 0.3) is 5.69 Å². The first-order valence-corrected chi connectivity index (χ1v) is 5.31. The van der Waals surface area contributed by atoms with E-state index in [1.807, 2.05) is 0 Å². The first-order valence-electron chi connectivity index (χ1n) is 5.31. The highest BCUT2D eigenvalue weighted by atomic mass is 16.2. The van der Waals surface area contributed by atoms with Crippen molar-refractivity contribution in [2.75, 3.05) is 7.05 Å². The standard InChI is InChI=1S/C11H12N4O3/c1-12-7-14-9(16)13-10(17)15(11(14)18)8-5-3-2-4-6-8/h2-6,12H,7H2,1H3,(H,13,16,17). The lowest BCUT2D eigenvalue weighted by Crippen LogP contribution is -2.50. The van der Waals surface area contributed by atoms with Gasteiger partial charge in [-0.05, 0) is 19.2 Å². The molecule has 1 aromatic carbocycles. The zero-order chi connectivity index (χ0) is 13.1. The fraction of sp³-hybridized carbons (Fsp3) is 0.182. The van der Waals surface area contributed by atoms with Crippen molar-refractivity contribution in [1.82, 2.24) is 19.4 Å². The van der Waals surface area contributed by atoms with Gasteiger partial charge in [0, 0.05) is 0 Å². The van der Waals surface area contributed by atoms with E-state index in [1.54, 1.807) is 37.4 Å². The molecule has 7 heteroatoms. The molecule has 0 saturated heterocycles. The highest BCUT2D eigenvalue weighted by molar-refractivity contribution is 5.30. The van der Waals surface area contributed by atoms with Crippen LogP contribution in [0, 0.1) is 0 Å². The van der Waals surface area contributed by atoms with E-state index in [-0.39, 0.29) is 6.67 Å². The van der Waals surface area contributed by atoms with Crippen molar-refractivity contribution in [3.05, 3.63) is 61.8 Å². The maximum atomic E-state index is 12.1. The van der Waals surface area contributed by atoms with E-state index in [1.165, 1.54) is 0 Å². The Balaban J connectivity index is 2.77. The van der Waals surface area contributed by atoms with Gasteiger partial charge in [-0.25, -0.2) is 23.5 Å². The molecule has 0 aliphatic rings. The molecule has 0 aliphatic heterocycles. The van der Waals surface area contributed by atoms with Gasteiger partial charge in [-0.2, -0.15) is 0 Å². The maximum Gasteiger partial charge on any atom is 0.342 e. The first kappa shape index (κ1) is 12.1. The van der Waals surface area contributed by atoms with Crippen LogP contribution >= 0.6 is 0 Å². The van der Waals surface area contributed by atoms with E-state index in [4.69, 9.17) is 0 Å². The summed E-state index contributed by atoms with van der Waals surface area (Å²) >= 11 is 0. The van der Waals surface area contributed by atoms with Crippen LogP contribution in [-0.2, 0) is 6.67 Å². The number of benzene rings is 1. The van der Waals surface area contributed by atoms with Gasteiger partial charge in [0.1, 0.15) is 0 Å². The van der Waals surface area contributed by atoms with Crippen molar-refractivity contribution in [1.29, 1.82) is 0 Å². The molecule has 0 amide bonds. The Kier molecular flexibility index (Phi) is 3.24. The molecule has 2 N–H and O–H groups in total. The van der Waals surface area contributed by atoms with E-state index in [9.17, 15) is 14.4 Å². The summed E-state index contributed by atoms with van der Waals surface area (Å²) in [5.74, 6) is 0. The Bertz CT molecular complexity index is 712. The zero-order valence-corrected chi connectivity index (χ0v) is 9.71. The van der Waals surface area contributed by atoms with Gasteiger partial charge in [0.15, 0.2) is 0 Å². The summed E-state index contributed by atoms with van der Waals surface area (Å²) in [6, 6.07) is 8.41. The van der Waals surface area contributed by atoms with Gasteiger partial charge < -0.3 is 5.32 Å². The summed E-state index contributed by atoms with van der Waals surface area (Å²) in [7, 11) is 1.60. The topological polar surface area (TPSA) is 88.9 Å². The highest BCUT2D eigenvalue weighted by Gasteiger charge is 2.10. The van der Waals surface area contributed by atoms with Crippen LogP contribution in [0.15, 0.2) is 44.7 Å². The summed E-state index contributed by atoms with van der Waals surface area (Å²) in [6.07, 6.45) is 0. The second-order valence-corrected chi connectivity index (χ2v) is 3.63. The van der Waals surface area contributed by atoms with E-state index in [0.717, 1.165) is 9.13 Å². The number of aromatic amines is 1. The maximum absolute atomic E-state index is 12.1. The quantitative estimate of drug-likeness (QED) is 0.719. The van der Waals surface area contributed by atoms with Gasteiger partial charge in [0.25, 0.3) is 0 Å². The van der Waals surface area contributed by atoms with Crippen LogP contribution < -0.4 is 22.4 Å². The molecule has 18 heavy (non-hydrogen) atoms. The van der Waals surface area contributed by atoms with Crippen LogP contribution in [-0.4, -0.2) is 21.2 Å². The fourth-order valence-corrected chi connectivity index (χ4v) is 1.61. The van der Waals surface area contributed by atoms with Crippen molar-refractivity contribution in [2.45, 2.75) is 6.67 Å². The highest BCUT2D eigenvalue weighted by Crippen LogP contribution is 1.99. The van der Waals surface area contributed by atoms with Crippen molar-refractivity contribution in [3.63, 3.8) is 0 Å². The van der Waals surface area contributed by atoms with Crippen LogP contribution in [0.4, 0.5) is 0 Å². The summed E-state index contributed by atoms with van der Waals surface area (Å²) in [5.41, 5.74) is -1.74. The minimum Gasteiger partial charge on any atom is -0.302 e. The molecule has 7 nitrogen and oxygen atoms in total. The van der Waals surface area contributed by atoms with Gasteiger partial charge in [-0.1, -0.05) is 18.2 Å². The molecular weight excluding hydrogens is 236 g/mol. The van der Waals surface area contributed by atoms with Crippen LogP contribution in [0.3, 0.4) is 0 Å². The summed E-state index contributed by atoms with van der Waals surface area (Å²) in [5, 5.41) is 2.69. The number of rotatable bonds is 3. The van der Waals surface area contributed by atoms with Gasteiger partial charge >= 0.3 is 17.1 Å². The molecule has 0 aliphatic carbocycles. The fourth-order valence-electron chi connectivity index (χ4n) is 1.61. The van der Waals surface area contributed by atoms with E-state index in [2.05, 4.69) is 10.3 Å². The van der Waals surface area contributed by atoms with Crippen LogP contribution in [0.5, 0.6) is 0 Å². The minimum absolute atomic E-state index is 0.0290. The number of nitrogens with one attached hydrogen (secondary N) is 2. The molecule has 2 rings (SSSR count). The third-order valence-electron chi connectivity index (χ3n) is 2.41. The Hall–Kier alpha value is -2.41. The zero-order valence-electron chi connectivity index (χ0n) is 9.71. The smallest absolute Gasteiger partial charge is 0.302 e. The van der Waals surface area contributed by atoms with Crippen LogP contribution in [0.2, 0.25) is 0 Å². The normalized spacial score (nSPS) is 10.5. The monoisotopic (exact) mass is 248 g/mol. The predicted molar refractivity (Wildman–Crippen MR) is 66.0 cm³/mol. The Labute approximate surface area is 101 Å². The Morgan fingerprint density at radius 3 is 2.39 bits per heavy atom. The predicted octanol–water partition coefficient (Wildman–Crippen LogP) is -1.14. The van der Waals surface area contributed by atoms with Crippen molar-refractivity contribution in [2.24, 2.45) is 0 Å². The van der Waals surface area contributed by atoms with E-state index >= 15 is 0 Å². The van der Waals surface area contributed by atoms with Gasteiger partial charge in [-0.15, -0.1) is 0 Å². The molecule has 0 spiro atoms. The second kappa shape index (κ2) is 4.84. The molecular formula is C11H12N4O3. The number of H-pyrrole nitrogens is 1. The number of hydrogen-bond donors (Lipinski definition) is 2. The number of para-hydroxylation sites is 1. The third-order valence-corrected chi connectivity index (χ3v) is 2.41. The van der Waals surface area contributed by atoms with Crippen LogP contribution in [0.1, 0.15) is 0 Å². The molecule has 1 heterocycles. The number of aromatic nitrogens is 3. The van der Waals surface area contributed by atoms with Gasteiger partial charge in [0.05, 0.1) is 12.4 Å². The number of hydrogen-bond acceptors (Lipinski definition) is 4. The molecule has 2 aromatic rings. The molecule has 94 valence electrons. The lowest BCUT2D eigenvalue weighted by Gasteiger charge is -2.07. The average molecular weight is 248 g/mol. The second-order valence-electron chi connectivity index (χ2n) is 3.63. The minimum atomic E-state index is -0.747. The van der Waals surface area contributed by atoms with Crippen molar-refractivity contribution >= 4 is 0 Å². The molecule has 0 radical (unpaired) electrons. The molecule has 0 unspecified atom stereocenters.